The molecule has 1 aromatic heterocycles. The molecule has 0 aliphatic carbocycles. The van der Waals surface area contributed by atoms with Crippen LogP contribution in [0.3, 0.4) is 0 Å². The lowest BCUT2D eigenvalue weighted by atomic mass is 10.1. The van der Waals surface area contributed by atoms with Gasteiger partial charge in [0.15, 0.2) is 0 Å². The first-order valence-corrected chi connectivity index (χ1v) is 8.01. The topological polar surface area (TPSA) is 58.1 Å². The smallest absolute Gasteiger partial charge is 0.270 e. The molecule has 1 N–H and O–H groups in total. The number of nitrogens with zero attached hydrogens (tertiary/aromatic N) is 3. The molecule has 5 nitrogen and oxygen atoms in total. The minimum absolute atomic E-state index is 0.0733. The number of hydrogen-bond acceptors (Lipinski definition) is 4. The fourth-order valence-electron chi connectivity index (χ4n) is 2.47. The molecule has 23 heavy (non-hydrogen) atoms. The molecule has 0 fully saturated rings. The van der Waals surface area contributed by atoms with Crippen LogP contribution in [-0.2, 0) is 0 Å². The van der Waals surface area contributed by atoms with E-state index in [4.69, 9.17) is 0 Å². The minimum Gasteiger partial charge on any atom is -0.357 e. The van der Waals surface area contributed by atoms with Crippen molar-refractivity contribution in [2.45, 2.75) is 33.7 Å². The molecule has 0 saturated heterocycles. The van der Waals surface area contributed by atoms with Gasteiger partial charge in [0.1, 0.15) is 17.3 Å². The van der Waals surface area contributed by atoms with E-state index in [2.05, 4.69) is 34.0 Å². The summed E-state index contributed by atoms with van der Waals surface area (Å²) in [6.45, 7) is 9.59. The number of rotatable bonds is 6. The van der Waals surface area contributed by atoms with E-state index in [9.17, 15) is 4.79 Å². The predicted octanol–water partition coefficient (Wildman–Crippen LogP) is 3.12. The number of benzene rings is 1. The molecular weight excluding hydrogens is 288 g/mol. The molecule has 2 rings (SSSR count). The van der Waals surface area contributed by atoms with Crippen molar-refractivity contribution in [1.29, 1.82) is 0 Å². The Morgan fingerprint density at radius 1 is 1.17 bits per heavy atom. The normalized spacial score (nSPS) is 11.8. The number of anilines is 1. The van der Waals surface area contributed by atoms with Gasteiger partial charge in [-0.05, 0) is 33.3 Å². The summed E-state index contributed by atoms with van der Waals surface area (Å²) in [4.78, 5) is 23.3. The molecule has 1 heterocycles. The maximum Gasteiger partial charge on any atom is 0.270 e. The van der Waals surface area contributed by atoms with E-state index in [0.29, 0.717) is 11.5 Å². The Morgan fingerprint density at radius 3 is 2.43 bits per heavy atom. The SMILES string of the molecule is CCN(CC)c1cc(C(=O)NC(C)c2ccccc2)nc(C)n1. The molecule has 5 heteroatoms. The Morgan fingerprint density at radius 2 is 1.83 bits per heavy atom. The lowest BCUT2D eigenvalue weighted by molar-refractivity contribution is 0.0934. The Balaban J connectivity index is 2.19. The summed E-state index contributed by atoms with van der Waals surface area (Å²) in [6.07, 6.45) is 0. The maximum absolute atomic E-state index is 12.5. The number of carbonyl (C=O) groups is 1. The molecule has 0 saturated carbocycles. The van der Waals surface area contributed by atoms with Gasteiger partial charge in [0.25, 0.3) is 5.91 Å². The average Bonchev–Trinajstić information content (AvgIpc) is 2.56. The summed E-state index contributed by atoms with van der Waals surface area (Å²) in [5.41, 5.74) is 1.47. The highest BCUT2D eigenvalue weighted by atomic mass is 16.1. The van der Waals surface area contributed by atoms with E-state index >= 15 is 0 Å². The maximum atomic E-state index is 12.5. The zero-order valence-corrected chi connectivity index (χ0v) is 14.2. The first-order valence-electron chi connectivity index (χ1n) is 8.01. The van der Waals surface area contributed by atoms with Crippen molar-refractivity contribution in [1.82, 2.24) is 15.3 Å². The largest absolute Gasteiger partial charge is 0.357 e. The van der Waals surface area contributed by atoms with Gasteiger partial charge >= 0.3 is 0 Å². The van der Waals surface area contributed by atoms with Crippen LogP contribution in [0.4, 0.5) is 5.82 Å². The Kier molecular flexibility index (Phi) is 5.68. The van der Waals surface area contributed by atoms with Gasteiger partial charge in [0.2, 0.25) is 0 Å². The molecule has 1 unspecified atom stereocenters. The molecule has 1 aromatic carbocycles. The van der Waals surface area contributed by atoms with Gasteiger partial charge in [0, 0.05) is 19.2 Å². The van der Waals surface area contributed by atoms with E-state index in [-0.39, 0.29) is 11.9 Å². The molecule has 0 aliphatic heterocycles. The third-order valence-corrected chi connectivity index (χ3v) is 3.79. The van der Waals surface area contributed by atoms with Crippen LogP contribution in [0.25, 0.3) is 0 Å². The predicted molar refractivity (Wildman–Crippen MR) is 92.7 cm³/mol. The molecule has 0 aliphatic rings. The zero-order chi connectivity index (χ0) is 16.8. The fourth-order valence-corrected chi connectivity index (χ4v) is 2.47. The van der Waals surface area contributed by atoms with E-state index < -0.39 is 0 Å². The van der Waals surface area contributed by atoms with E-state index in [0.717, 1.165) is 24.5 Å². The second kappa shape index (κ2) is 7.72. The first-order chi connectivity index (χ1) is 11.0. The van der Waals surface area contributed by atoms with Crippen molar-refractivity contribution in [2.24, 2.45) is 0 Å². The zero-order valence-electron chi connectivity index (χ0n) is 14.2. The summed E-state index contributed by atoms with van der Waals surface area (Å²) in [5.74, 6) is 1.21. The number of aryl methyl sites for hydroxylation is 1. The van der Waals surface area contributed by atoms with Crippen molar-refractivity contribution in [3.8, 4) is 0 Å². The summed E-state index contributed by atoms with van der Waals surface area (Å²) in [7, 11) is 0. The van der Waals surface area contributed by atoms with E-state index in [1.165, 1.54) is 0 Å². The summed E-state index contributed by atoms with van der Waals surface area (Å²) in [5, 5.41) is 2.99. The summed E-state index contributed by atoms with van der Waals surface area (Å²) < 4.78 is 0. The molecule has 1 amide bonds. The van der Waals surface area contributed by atoms with Gasteiger partial charge in [-0.15, -0.1) is 0 Å². The Bertz CT molecular complexity index is 653. The average molecular weight is 312 g/mol. The van der Waals surface area contributed by atoms with Crippen molar-refractivity contribution in [3.05, 3.63) is 53.5 Å². The molecule has 0 radical (unpaired) electrons. The number of carbonyl (C=O) groups excluding carboxylic acids is 1. The highest BCUT2D eigenvalue weighted by Gasteiger charge is 2.15. The van der Waals surface area contributed by atoms with Crippen molar-refractivity contribution in [2.75, 3.05) is 18.0 Å². The van der Waals surface area contributed by atoms with Crippen LogP contribution in [0, 0.1) is 6.92 Å². The van der Waals surface area contributed by atoms with Gasteiger partial charge in [-0.2, -0.15) is 0 Å². The quantitative estimate of drug-likeness (QED) is 0.890. The van der Waals surface area contributed by atoms with Crippen molar-refractivity contribution < 1.29 is 4.79 Å². The van der Waals surface area contributed by atoms with E-state index in [1.54, 1.807) is 6.07 Å². The monoisotopic (exact) mass is 312 g/mol. The number of hydrogen-bond donors (Lipinski definition) is 1. The number of amides is 1. The van der Waals surface area contributed by atoms with Crippen LogP contribution in [0.15, 0.2) is 36.4 Å². The highest BCUT2D eigenvalue weighted by molar-refractivity contribution is 5.93. The summed E-state index contributed by atoms with van der Waals surface area (Å²) >= 11 is 0. The van der Waals surface area contributed by atoms with Gasteiger partial charge in [-0.25, -0.2) is 9.97 Å². The van der Waals surface area contributed by atoms with Gasteiger partial charge in [-0.3, -0.25) is 4.79 Å². The molecule has 0 bridgehead atoms. The molecule has 122 valence electrons. The molecule has 1 atom stereocenters. The van der Waals surface area contributed by atoms with E-state index in [1.807, 2.05) is 44.2 Å². The molecular formula is C18H24N4O. The molecule has 0 spiro atoms. The van der Waals surface area contributed by atoms with Gasteiger partial charge in [0.05, 0.1) is 6.04 Å². The third kappa shape index (κ3) is 4.28. The third-order valence-electron chi connectivity index (χ3n) is 3.79. The minimum atomic E-state index is -0.180. The van der Waals surface area contributed by atoms with Crippen LogP contribution in [-0.4, -0.2) is 29.0 Å². The molecule has 2 aromatic rings. The van der Waals surface area contributed by atoms with Crippen LogP contribution < -0.4 is 10.2 Å². The lowest BCUT2D eigenvalue weighted by Crippen LogP contribution is -2.29. The second-order valence-electron chi connectivity index (χ2n) is 5.44. The summed E-state index contributed by atoms with van der Waals surface area (Å²) in [6, 6.07) is 11.6. The Labute approximate surface area is 137 Å². The Hall–Kier alpha value is -2.43. The van der Waals surface area contributed by atoms with Crippen LogP contribution in [0.2, 0.25) is 0 Å². The van der Waals surface area contributed by atoms with Crippen LogP contribution >= 0.6 is 0 Å². The number of nitrogens with one attached hydrogen (secondary N) is 1. The highest BCUT2D eigenvalue weighted by Crippen LogP contribution is 2.15. The van der Waals surface area contributed by atoms with Crippen molar-refractivity contribution in [3.63, 3.8) is 0 Å². The van der Waals surface area contributed by atoms with Gasteiger partial charge in [-0.1, -0.05) is 30.3 Å². The van der Waals surface area contributed by atoms with Crippen molar-refractivity contribution >= 4 is 11.7 Å². The van der Waals surface area contributed by atoms with Gasteiger partial charge < -0.3 is 10.2 Å². The lowest BCUT2D eigenvalue weighted by Gasteiger charge is -2.21. The fraction of sp³-hybridized carbons (Fsp3) is 0.389. The number of aromatic nitrogens is 2. The van der Waals surface area contributed by atoms with Crippen LogP contribution in [0.1, 0.15) is 48.7 Å². The second-order valence-corrected chi connectivity index (χ2v) is 5.44. The first kappa shape index (κ1) is 16.9. The van der Waals surface area contributed by atoms with Crippen LogP contribution in [0.5, 0.6) is 0 Å². The standard InChI is InChI=1S/C18H24N4O/c1-5-22(6-2)17-12-16(20-14(4)21-17)18(23)19-13(3)15-10-8-7-9-11-15/h7-13H,5-6H2,1-4H3,(H,19,23).